The Balaban J connectivity index is 2.54. The normalized spacial score (nSPS) is 22.9. The second kappa shape index (κ2) is 3.35. The van der Waals surface area contributed by atoms with Crippen LogP contribution in [-0.4, -0.2) is 16.2 Å². The third-order valence-corrected chi connectivity index (χ3v) is 3.18. The maximum absolute atomic E-state index is 10.9. The molecule has 0 bridgehead atoms. The van der Waals surface area contributed by atoms with Gasteiger partial charge in [-0.15, -0.1) is 0 Å². The summed E-state index contributed by atoms with van der Waals surface area (Å²) in [5.74, 6) is -0.489. The first kappa shape index (κ1) is 11.2. The summed E-state index contributed by atoms with van der Waals surface area (Å²) in [4.78, 5) is 10.9. The summed E-state index contributed by atoms with van der Waals surface area (Å²) in [6, 6.07) is 0. The van der Waals surface area contributed by atoms with Crippen molar-refractivity contribution in [3.05, 3.63) is 22.6 Å². The molecule has 1 atom stereocenters. The topological polar surface area (TPSA) is 70.7 Å². The summed E-state index contributed by atoms with van der Waals surface area (Å²) in [6.07, 6.45) is 0.697. The van der Waals surface area contributed by atoms with Crippen LogP contribution in [0, 0.1) is 12.3 Å². The fraction of sp³-hybridized carbons (Fsp3) is 0.583. The van der Waals surface area contributed by atoms with Crippen LogP contribution in [-0.2, 0) is 6.42 Å². The predicted molar refractivity (Wildman–Crippen MR) is 57.5 cm³/mol. The molecule has 1 aliphatic rings. The number of aliphatic hydroxyl groups excluding tert-OH is 1. The average Bonchev–Trinajstić information content (AvgIpc) is 2.40. The van der Waals surface area contributed by atoms with Crippen molar-refractivity contribution in [2.24, 2.45) is 5.41 Å². The van der Waals surface area contributed by atoms with Crippen LogP contribution < -0.4 is 0 Å². The van der Waals surface area contributed by atoms with Crippen LogP contribution in [0.15, 0.2) is 4.42 Å². The molecule has 1 aromatic heterocycles. The van der Waals surface area contributed by atoms with Gasteiger partial charge in [-0.05, 0) is 18.8 Å². The highest BCUT2D eigenvalue weighted by molar-refractivity contribution is 5.86. The second-order valence-electron chi connectivity index (χ2n) is 5.26. The molecule has 2 N–H and O–H groups in total. The van der Waals surface area contributed by atoms with Gasteiger partial charge < -0.3 is 14.6 Å². The van der Waals surface area contributed by atoms with Gasteiger partial charge in [-0.3, -0.25) is 0 Å². The molecule has 0 radical (unpaired) electrons. The van der Waals surface area contributed by atoms with E-state index in [2.05, 4.69) is 0 Å². The molecule has 0 aliphatic heterocycles. The molecule has 1 aromatic rings. The lowest BCUT2D eigenvalue weighted by molar-refractivity contribution is 0.0652. The van der Waals surface area contributed by atoms with Crippen LogP contribution in [0.1, 0.15) is 53.8 Å². The van der Waals surface area contributed by atoms with Crippen molar-refractivity contribution in [3.63, 3.8) is 0 Å². The Kier molecular flexibility index (Phi) is 2.35. The highest BCUT2D eigenvalue weighted by Gasteiger charge is 2.37. The van der Waals surface area contributed by atoms with Gasteiger partial charge in [0.2, 0.25) is 5.76 Å². The van der Waals surface area contributed by atoms with Crippen molar-refractivity contribution < 1.29 is 19.4 Å². The molecule has 4 heteroatoms. The number of hydrogen-bond acceptors (Lipinski definition) is 3. The Morgan fingerprint density at radius 3 is 2.69 bits per heavy atom. The highest BCUT2D eigenvalue weighted by atomic mass is 16.4. The van der Waals surface area contributed by atoms with Crippen LogP contribution in [0.2, 0.25) is 0 Å². The van der Waals surface area contributed by atoms with E-state index in [1.165, 1.54) is 0 Å². The molecule has 0 amide bonds. The standard InChI is InChI=1S/C12H16O4/c1-6-9-7(13)4-12(2,3)5-8(9)16-10(6)11(14)15/h7,13H,4-5H2,1-3H3,(H,14,15)/t7-/m0/s1. The molecule has 0 saturated carbocycles. The summed E-state index contributed by atoms with van der Waals surface area (Å²) >= 11 is 0. The number of aliphatic hydroxyl groups is 1. The minimum absolute atomic E-state index is 0.0400. The van der Waals surface area contributed by atoms with Gasteiger partial charge in [0.15, 0.2) is 0 Å². The minimum Gasteiger partial charge on any atom is -0.475 e. The molecule has 16 heavy (non-hydrogen) atoms. The van der Waals surface area contributed by atoms with Crippen molar-refractivity contribution in [3.8, 4) is 0 Å². The van der Waals surface area contributed by atoms with Crippen LogP contribution in [0.25, 0.3) is 0 Å². The first-order valence-electron chi connectivity index (χ1n) is 5.35. The summed E-state index contributed by atoms with van der Waals surface area (Å²) in [5.41, 5.74) is 1.19. The Morgan fingerprint density at radius 1 is 1.50 bits per heavy atom. The Morgan fingerprint density at radius 2 is 2.12 bits per heavy atom. The number of hydrogen-bond donors (Lipinski definition) is 2. The smallest absolute Gasteiger partial charge is 0.372 e. The molecular formula is C12H16O4. The van der Waals surface area contributed by atoms with Gasteiger partial charge in [0, 0.05) is 17.5 Å². The Bertz CT molecular complexity index is 442. The molecule has 1 aliphatic carbocycles. The Hall–Kier alpha value is -1.29. The number of fused-ring (bicyclic) bond motifs is 1. The molecule has 0 fully saturated rings. The Labute approximate surface area is 93.9 Å². The minimum atomic E-state index is -1.07. The van der Waals surface area contributed by atoms with E-state index in [0.29, 0.717) is 29.7 Å². The number of furan rings is 1. The number of carboxylic acids is 1. The van der Waals surface area contributed by atoms with Gasteiger partial charge in [-0.1, -0.05) is 13.8 Å². The van der Waals surface area contributed by atoms with Crippen LogP contribution >= 0.6 is 0 Å². The number of aromatic carboxylic acids is 1. The van der Waals surface area contributed by atoms with Crippen molar-refractivity contribution >= 4 is 5.97 Å². The molecule has 0 spiro atoms. The van der Waals surface area contributed by atoms with Gasteiger partial charge in [0.25, 0.3) is 0 Å². The zero-order valence-corrected chi connectivity index (χ0v) is 9.70. The molecule has 88 valence electrons. The van der Waals surface area contributed by atoms with E-state index < -0.39 is 12.1 Å². The van der Waals surface area contributed by atoms with Crippen molar-refractivity contribution in [2.45, 2.75) is 39.7 Å². The number of carboxylic acid groups (broad SMARTS) is 1. The fourth-order valence-electron chi connectivity index (χ4n) is 2.49. The van der Waals surface area contributed by atoms with Gasteiger partial charge >= 0.3 is 5.97 Å². The molecule has 1 heterocycles. The van der Waals surface area contributed by atoms with E-state index in [1.54, 1.807) is 6.92 Å². The molecule has 0 saturated heterocycles. The summed E-state index contributed by atoms with van der Waals surface area (Å²) in [5, 5.41) is 19.0. The predicted octanol–water partition coefficient (Wildman–Crippen LogP) is 2.29. The molecule has 0 aromatic carbocycles. The highest BCUT2D eigenvalue weighted by Crippen LogP contribution is 2.43. The number of carbonyl (C=O) groups is 1. The van der Waals surface area contributed by atoms with Crippen molar-refractivity contribution in [2.75, 3.05) is 0 Å². The maximum atomic E-state index is 10.9. The third-order valence-electron chi connectivity index (χ3n) is 3.18. The average molecular weight is 224 g/mol. The van der Waals surface area contributed by atoms with E-state index in [0.717, 1.165) is 0 Å². The van der Waals surface area contributed by atoms with Crippen LogP contribution in [0.3, 0.4) is 0 Å². The van der Waals surface area contributed by atoms with E-state index in [-0.39, 0.29) is 11.2 Å². The lowest BCUT2D eigenvalue weighted by Crippen LogP contribution is -2.24. The van der Waals surface area contributed by atoms with E-state index in [9.17, 15) is 9.90 Å². The van der Waals surface area contributed by atoms with E-state index in [1.807, 2.05) is 13.8 Å². The lowest BCUT2D eigenvalue weighted by atomic mass is 9.75. The zero-order chi connectivity index (χ0) is 12.1. The lowest BCUT2D eigenvalue weighted by Gasteiger charge is -2.31. The molecule has 0 unspecified atom stereocenters. The fourth-order valence-corrected chi connectivity index (χ4v) is 2.49. The summed E-state index contributed by atoms with van der Waals surface area (Å²) in [7, 11) is 0. The quantitative estimate of drug-likeness (QED) is 0.767. The molecular weight excluding hydrogens is 208 g/mol. The van der Waals surface area contributed by atoms with Gasteiger partial charge in [-0.25, -0.2) is 4.79 Å². The second-order valence-corrected chi connectivity index (χ2v) is 5.26. The third kappa shape index (κ3) is 1.63. The maximum Gasteiger partial charge on any atom is 0.372 e. The van der Waals surface area contributed by atoms with Gasteiger partial charge in [0.05, 0.1) is 6.10 Å². The summed E-state index contributed by atoms with van der Waals surface area (Å²) < 4.78 is 5.34. The first-order valence-corrected chi connectivity index (χ1v) is 5.35. The van der Waals surface area contributed by atoms with E-state index in [4.69, 9.17) is 9.52 Å². The van der Waals surface area contributed by atoms with Gasteiger partial charge in [0.1, 0.15) is 5.76 Å². The monoisotopic (exact) mass is 224 g/mol. The SMILES string of the molecule is Cc1c(C(=O)O)oc2c1[C@@H](O)CC(C)(C)C2. The van der Waals surface area contributed by atoms with Gasteiger partial charge in [-0.2, -0.15) is 0 Å². The van der Waals surface area contributed by atoms with Crippen molar-refractivity contribution in [1.29, 1.82) is 0 Å². The number of rotatable bonds is 1. The molecule has 4 nitrogen and oxygen atoms in total. The zero-order valence-electron chi connectivity index (χ0n) is 9.70. The summed E-state index contributed by atoms with van der Waals surface area (Å²) in [6.45, 7) is 5.77. The molecule has 2 rings (SSSR count). The first-order chi connectivity index (χ1) is 7.32. The largest absolute Gasteiger partial charge is 0.475 e. The van der Waals surface area contributed by atoms with Crippen LogP contribution in [0.4, 0.5) is 0 Å². The van der Waals surface area contributed by atoms with Crippen LogP contribution in [0.5, 0.6) is 0 Å². The van der Waals surface area contributed by atoms with Crippen molar-refractivity contribution in [1.82, 2.24) is 0 Å². The van der Waals surface area contributed by atoms with E-state index >= 15 is 0 Å².